The molecule has 3 aromatic rings. The predicted octanol–water partition coefficient (Wildman–Crippen LogP) is 1.91. The van der Waals surface area contributed by atoms with Crippen molar-refractivity contribution < 1.29 is 19.1 Å². The molecule has 13 heteroatoms. The summed E-state index contributed by atoms with van der Waals surface area (Å²) in [5.41, 5.74) is 7.38. The Labute approximate surface area is 218 Å². The summed E-state index contributed by atoms with van der Waals surface area (Å²) in [7, 11) is 4.73. The number of nitrogens with one attached hydrogen (secondary N) is 1. The molecule has 1 aliphatic heterocycles. The van der Waals surface area contributed by atoms with Crippen molar-refractivity contribution in [1.29, 1.82) is 0 Å². The maximum atomic E-state index is 13.4. The third kappa shape index (κ3) is 4.92. The summed E-state index contributed by atoms with van der Waals surface area (Å²) < 4.78 is 7.06. The first-order valence-electron chi connectivity index (χ1n) is 11.4. The number of fused-ring (bicyclic) bond motifs is 1. The topological polar surface area (TPSA) is 149 Å². The molecular formula is C24H27ClN8O4. The van der Waals surface area contributed by atoms with Crippen molar-refractivity contribution in [3.63, 3.8) is 0 Å². The Morgan fingerprint density at radius 1 is 1.32 bits per heavy atom. The Hall–Kier alpha value is -4.19. The second kappa shape index (κ2) is 10.4. The lowest BCUT2D eigenvalue weighted by Crippen LogP contribution is -2.27. The smallest absolute Gasteiger partial charge is 0.277 e. The number of ether oxygens (including phenoxy) is 1. The van der Waals surface area contributed by atoms with Crippen LogP contribution in [-0.2, 0) is 16.0 Å². The van der Waals surface area contributed by atoms with Crippen LogP contribution in [0.4, 0.5) is 11.5 Å². The van der Waals surface area contributed by atoms with Crippen LogP contribution in [0.5, 0.6) is 5.75 Å². The van der Waals surface area contributed by atoms with Crippen LogP contribution in [0, 0.1) is 0 Å². The van der Waals surface area contributed by atoms with Crippen LogP contribution < -0.4 is 15.8 Å². The zero-order chi connectivity index (χ0) is 26.9. The van der Waals surface area contributed by atoms with Gasteiger partial charge in [0.25, 0.3) is 5.91 Å². The fourth-order valence-electron chi connectivity index (χ4n) is 4.21. The maximum Gasteiger partial charge on any atom is 0.277 e. The lowest BCUT2D eigenvalue weighted by Gasteiger charge is -2.16. The molecule has 0 saturated carbocycles. The van der Waals surface area contributed by atoms with E-state index in [0.29, 0.717) is 41.8 Å². The number of carbonyl (C=O) groups excluding carboxylic acids is 3. The van der Waals surface area contributed by atoms with Crippen molar-refractivity contribution in [2.45, 2.75) is 18.9 Å². The van der Waals surface area contributed by atoms with Crippen molar-refractivity contribution in [3.8, 4) is 5.75 Å². The normalized spacial score (nSPS) is 15.0. The van der Waals surface area contributed by atoms with E-state index in [1.54, 1.807) is 35.8 Å². The number of likely N-dealkylation sites (N-methyl/N-ethyl adjacent to an activating group) is 1. The van der Waals surface area contributed by atoms with Crippen molar-refractivity contribution in [2.75, 3.05) is 45.3 Å². The molecule has 0 radical (unpaired) electrons. The number of amides is 3. The van der Waals surface area contributed by atoms with Gasteiger partial charge in [0, 0.05) is 27.2 Å². The van der Waals surface area contributed by atoms with Gasteiger partial charge in [0.2, 0.25) is 11.8 Å². The summed E-state index contributed by atoms with van der Waals surface area (Å²) in [6.07, 6.45) is 3.27. The van der Waals surface area contributed by atoms with Gasteiger partial charge in [-0.2, -0.15) is 5.10 Å². The van der Waals surface area contributed by atoms with Crippen LogP contribution in [0.2, 0.25) is 5.02 Å². The van der Waals surface area contributed by atoms with Crippen LogP contribution in [0.25, 0.3) is 11.0 Å². The van der Waals surface area contributed by atoms with E-state index in [1.807, 2.05) is 0 Å². The number of anilines is 2. The first kappa shape index (κ1) is 25.9. The van der Waals surface area contributed by atoms with Gasteiger partial charge in [0.05, 0.1) is 35.7 Å². The van der Waals surface area contributed by atoms with Gasteiger partial charge in [-0.25, -0.2) is 14.6 Å². The second-order valence-corrected chi connectivity index (χ2v) is 9.10. The summed E-state index contributed by atoms with van der Waals surface area (Å²) in [6, 6.07) is 3.05. The van der Waals surface area contributed by atoms with Gasteiger partial charge in [0.15, 0.2) is 17.1 Å². The molecule has 0 unspecified atom stereocenters. The molecule has 3 N–H and O–H groups in total. The van der Waals surface area contributed by atoms with Gasteiger partial charge < -0.3 is 25.6 Å². The molecule has 194 valence electrons. The van der Waals surface area contributed by atoms with E-state index in [9.17, 15) is 14.4 Å². The first-order valence-corrected chi connectivity index (χ1v) is 11.8. The fraction of sp³-hybridized carbons (Fsp3) is 0.333. The highest BCUT2D eigenvalue weighted by molar-refractivity contribution is 6.33. The van der Waals surface area contributed by atoms with Gasteiger partial charge in [-0.1, -0.05) is 24.2 Å². The van der Waals surface area contributed by atoms with Gasteiger partial charge >= 0.3 is 0 Å². The average Bonchev–Trinajstić information content (AvgIpc) is 3.51. The van der Waals surface area contributed by atoms with E-state index < -0.39 is 5.91 Å². The number of likely N-dealkylation sites (tertiary alicyclic amines) is 1. The molecule has 4 rings (SSSR count). The minimum atomic E-state index is -0.575. The minimum Gasteiger partial charge on any atom is -0.493 e. The Balaban J connectivity index is 1.67. The number of hydrogen-bond acceptors (Lipinski definition) is 8. The van der Waals surface area contributed by atoms with Gasteiger partial charge in [-0.3, -0.25) is 14.4 Å². The third-order valence-corrected chi connectivity index (χ3v) is 6.61. The van der Waals surface area contributed by atoms with Gasteiger partial charge in [-0.05, 0) is 24.1 Å². The molecule has 3 heterocycles. The number of aromatic nitrogens is 4. The van der Waals surface area contributed by atoms with E-state index >= 15 is 0 Å². The standard InChI is InChI=1S/C24H27ClN8O4/c1-5-16(34)32-9-8-14(11-32)33-23-18(22(26)27-12-28-23)20(30-33)24(36)29-15-7-6-13(10-17(35)31(2)3)19(25)21(15)37-4/h5-7,12,14H,1,8-11H2,2-4H3,(H,29,36)(H2,26,27,28)/t14-/m1/s1. The van der Waals surface area contributed by atoms with Gasteiger partial charge in [0.1, 0.15) is 12.1 Å². The Bertz CT molecular complexity index is 1400. The number of nitrogens with zero attached hydrogens (tertiary/aromatic N) is 6. The number of nitrogens with two attached hydrogens (primary N) is 1. The monoisotopic (exact) mass is 526 g/mol. The van der Waals surface area contributed by atoms with Crippen molar-refractivity contribution in [3.05, 3.63) is 47.4 Å². The predicted molar refractivity (Wildman–Crippen MR) is 139 cm³/mol. The zero-order valence-corrected chi connectivity index (χ0v) is 21.4. The van der Waals surface area contributed by atoms with E-state index in [4.69, 9.17) is 22.1 Å². The Morgan fingerprint density at radius 3 is 2.76 bits per heavy atom. The molecule has 2 aromatic heterocycles. The summed E-state index contributed by atoms with van der Waals surface area (Å²) in [4.78, 5) is 49.1. The maximum absolute atomic E-state index is 13.4. The molecule has 1 atom stereocenters. The summed E-state index contributed by atoms with van der Waals surface area (Å²) in [5, 5.41) is 7.82. The van der Waals surface area contributed by atoms with E-state index in [2.05, 4.69) is 27.0 Å². The number of nitrogen functional groups attached to an aromatic ring is 1. The van der Waals surface area contributed by atoms with Crippen LogP contribution in [0.1, 0.15) is 28.5 Å². The van der Waals surface area contributed by atoms with Crippen LogP contribution in [0.15, 0.2) is 31.1 Å². The molecule has 37 heavy (non-hydrogen) atoms. The quantitative estimate of drug-likeness (QED) is 0.443. The van der Waals surface area contributed by atoms with Crippen LogP contribution in [-0.4, -0.2) is 81.6 Å². The van der Waals surface area contributed by atoms with Crippen molar-refractivity contribution >= 4 is 51.9 Å². The summed E-state index contributed by atoms with van der Waals surface area (Å²) >= 11 is 6.51. The SMILES string of the molecule is C=CC(=O)N1CC[C@@H](n2nc(C(=O)Nc3ccc(CC(=O)N(C)C)c(Cl)c3OC)c3c(N)ncnc32)C1. The van der Waals surface area contributed by atoms with E-state index in [1.165, 1.54) is 24.4 Å². The molecule has 0 spiro atoms. The number of methoxy groups -OCH3 is 1. The van der Waals surface area contributed by atoms with Crippen LogP contribution in [0.3, 0.4) is 0 Å². The Kier molecular flexibility index (Phi) is 7.30. The van der Waals surface area contributed by atoms with E-state index in [0.717, 1.165) is 0 Å². The van der Waals surface area contributed by atoms with E-state index in [-0.39, 0.29) is 46.6 Å². The molecule has 1 saturated heterocycles. The fourth-order valence-corrected chi connectivity index (χ4v) is 4.52. The highest BCUT2D eigenvalue weighted by Crippen LogP contribution is 2.37. The molecule has 0 bridgehead atoms. The number of halogens is 1. The largest absolute Gasteiger partial charge is 0.493 e. The van der Waals surface area contributed by atoms with Crippen molar-refractivity contribution in [2.24, 2.45) is 0 Å². The molecule has 12 nitrogen and oxygen atoms in total. The zero-order valence-electron chi connectivity index (χ0n) is 20.7. The second-order valence-electron chi connectivity index (χ2n) is 8.72. The molecule has 3 amide bonds. The third-order valence-electron chi connectivity index (χ3n) is 6.20. The van der Waals surface area contributed by atoms with Crippen LogP contribution >= 0.6 is 11.6 Å². The highest BCUT2D eigenvalue weighted by Gasteiger charge is 2.31. The Morgan fingerprint density at radius 2 is 2.08 bits per heavy atom. The number of hydrogen-bond donors (Lipinski definition) is 2. The lowest BCUT2D eigenvalue weighted by atomic mass is 10.1. The molecule has 0 aliphatic carbocycles. The molecule has 1 fully saturated rings. The molecule has 1 aliphatic rings. The average molecular weight is 527 g/mol. The van der Waals surface area contributed by atoms with Gasteiger partial charge in [-0.15, -0.1) is 0 Å². The number of rotatable bonds is 7. The molecular weight excluding hydrogens is 500 g/mol. The highest BCUT2D eigenvalue weighted by atomic mass is 35.5. The summed E-state index contributed by atoms with van der Waals surface area (Å²) in [6.45, 7) is 4.45. The first-order chi connectivity index (χ1) is 17.7. The number of benzene rings is 1. The van der Waals surface area contributed by atoms with Crippen molar-refractivity contribution in [1.82, 2.24) is 29.5 Å². The summed E-state index contributed by atoms with van der Waals surface area (Å²) in [5.74, 6) is -0.574. The molecule has 1 aromatic carbocycles. The lowest BCUT2D eigenvalue weighted by molar-refractivity contribution is -0.128. The minimum absolute atomic E-state index is 0.0200. The number of carbonyl (C=O) groups is 3.